The summed E-state index contributed by atoms with van der Waals surface area (Å²) in [7, 11) is -3.47. The van der Waals surface area contributed by atoms with E-state index in [4.69, 9.17) is 10.4 Å². The molecule has 18 heavy (non-hydrogen) atoms. The van der Waals surface area contributed by atoms with Crippen molar-refractivity contribution in [2.45, 2.75) is 33.1 Å². The minimum Gasteiger partial charge on any atom is -0.481 e. The van der Waals surface area contributed by atoms with E-state index < -0.39 is 16.0 Å². The third-order valence-electron chi connectivity index (χ3n) is 2.23. The van der Waals surface area contributed by atoms with E-state index in [2.05, 4.69) is 0 Å². The van der Waals surface area contributed by atoms with Gasteiger partial charge >= 0.3 is 5.97 Å². The van der Waals surface area contributed by atoms with Gasteiger partial charge < -0.3 is 5.11 Å². The van der Waals surface area contributed by atoms with Gasteiger partial charge in [0, 0.05) is 25.9 Å². The van der Waals surface area contributed by atoms with Crippen molar-refractivity contribution in [3.8, 4) is 6.07 Å². The topological polar surface area (TPSA) is 98.5 Å². The highest BCUT2D eigenvalue weighted by atomic mass is 32.2. The Morgan fingerprint density at radius 2 is 2.06 bits per heavy atom. The van der Waals surface area contributed by atoms with Crippen LogP contribution >= 0.6 is 0 Å². The van der Waals surface area contributed by atoms with Gasteiger partial charge in [0.2, 0.25) is 10.0 Å². The molecule has 0 aromatic rings. The number of nitriles is 1. The molecule has 0 aliphatic rings. The average Bonchev–Trinajstić information content (AvgIpc) is 2.22. The maximum atomic E-state index is 12.0. The second-order valence-electron chi connectivity index (χ2n) is 4.47. The van der Waals surface area contributed by atoms with Gasteiger partial charge in [-0.1, -0.05) is 13.8 Å². The highest BCUT2D eigenvalue weighted by molar-refractivity contribution is 7.89. The van der Waals surface area contributed by atoms with E-state index in [0.29, 0.717) is 6.54 Å². The molecule has 0 aliphatic carbocycles. The average molecular weight is 276 g/mol. The van der Waals surface area contributed by atoms with Gasteiger partial charge in [0.05, 0.1) is 11.8 Å². The van der Waals surface area contributed by atoms with Crippen LogP contribution in [-0.2, 0) is 14.8 Å². The molecule has 0 saturated carbocycles. The molecule has 0 saturated heterocycles. The molecule has 0 unspecified atom stereocenters. The molecule has 0 aromatic carbocycles. The molecule has 6 nitrogen and oxygen atoms in total. The summed E-state index contributed by atoms with van der Waals surface area (Å²) in [5.74, 6) is -1.02. The van der Waals surface area contributed by atoms with Crippen LogP contribution in [0.4, 0.5) is 0 Å². The minimum atomic E-state index is -3.47. The van der Waals surface area contributed by atoms with Gasteiger partial charge in [-0.05, 0) is 12.3 Å². The Morgan fingerprint density at radius 1 is 1.44 bits per heavy atom. The van der Waals surface area contributed by atoms with E-state index in [1.54, 1.807) is 0 Å². The Hall–Kier alpha value is -1.13. The maximum Gasteiger partial charge on any atom is 0.303 e. The zero-order chi connectivity index (χ0) is 14.2. The number of rotatable bonds is 9. The Balaban J connectivity index is 4.54. The highest BCUT2D eigenvalue weighted by Crippen LogP contribution is 2.09. The fourth-order valence-electron chi connectivity index (χ4n) is 1.46. The van der Waals surface area contributed by atoms with Crippen LogP contribution < -0.4 is 0 Å². The lowest BCUT2D eigenvalue weighted by atomic mass is 10.2. The van der Waals surface area contributed by atoms with Crippen molar-refractivity contribution in [3.05, 3.63) is 0 Å². The standard InChI is InChI=1S/C11H20N2O4S/c1-10(2)9-13(7-4-6-12)18(16,17)8-3-5-11(14)15/h10H,3-5,7-9H2,1-2H3,(H,14,15). The number of nitrogens with zero attached hydrogens (tertiary/aromatic N) is 2. The van der Waals surface area contributed by atoms with E-state index in [1.807, 2.05) is 19.9 Å². The molecule has 0 aromatic heterocycles. The lowest BCUT2D eigenvalue weighted by Gasteiger charge is -2.22. The van der Waals surface area contributed by atoms with Crippen molar-refractivity contribution in [1.82, 2.24) is 4.31 Å². The van der Waals surface area contributed by atoms with Gasteiger partial charge in [-0.2, -0.15) is 5.26 Å². The summed E-state index contributed by atoms with van der Waals surface area (Å²) >= 11 is 0. The van der Waals surface area contributed by atoms with Gasteiger partial charge in [0.25, 0.3) is 0 Å². The molecule has 1 N–H and O–H groups in total. The van der Waals surface area contributed by atoms with Gasteiger partial charge in [-0.15, -0.1) is 0 Å². The van der Waals surface area contributed by atoms with Crippen LogP contribution in [0.15, 0.2) is 0 Å². The molecule has 0 spiro atoms. The number of sulfonamides is 1. The highest BCUT2D eigenvalue weighted by Gasteiger charge is 2.22. The molecule has 0 atom stereocenters. The normalized spacial score (nSPS) is 11.7. The Bertz CT molecular complexity index is 398. The summed E-state index contributed by atoms with van der Waals surface area (Å²) < 4.78 is 25.2. The Labute approximate surface area is 108 Å². The molecule has 0 radical (unpaired) electrons. The summed E-state index contributed by atoms with van der Waals surface area (Å²) in [4.78, 5) is 10.4. The van der Waals surface area contributed by atoms with Gasteiger partial charge in [0.1, 0.15) is 0 Å². The van der Waals surface area contributed by atoms with Crippen molar-refractivity contribution < 1.29 is 18.3 Å². The van der Waals surface area contributed by atoms with Crippen molar-refractivity contribution in [1.29, 1.82) is 5.26 Å². The first kappa shape index (κ1) is 16.9. The summed E-state index contributed by atoms with van der Waals surface area (Å²) in [6.45, 7) is 4.32. The van der Waals surface area contributed by atoms with Gasteiger partial charge in [0.15, 0.2) is 0 Å². The SMILES string of the molecule is CC(C)CN(CCC#N)S(=O)(=O)CCCC(=O)O. The van der Waals surface area contributed by atoms with Gasteiger partial charge in [-0.25, -0.2) is 12.7 Å². The number of carboxylic acid groups (broad SMARTS) is 1. The molecule has 0 fully saturated rings. The molecule has 0 aliphatic heterocycles. The van der Waals surface area contributed by atoms with Crippen LogP contribution in [0.1, 0.15) is 33.1 Å². The first-order valence-corrected chi connectivity index (χ1v) is 7.47. The molecular weight excluding hydrogens is 256 g/mol. The fourth-order valence-corrected chi connectivity index (χ4v) is 3.12. The van der Waals surface area contributed by atoms with Crippen LogP contribution in [-0.4, -0.2) is 42.6 Å². The first-order valence-electron chi connectivity index (χ1n) is 5.86. The third kappa shape index (κ3) is 7.25. The third-order valence-corrected chi connectivity index (χ3v) is 4.15. The zero-order valence-corrected chi connectivity index (χ0v) is 11.6. The fraction of sp³-hybridized carbons (Fsp3) is 0.818. The van der Waals surface area contributed by atoms with E-state index >= 15 is 0 Å². The molecule has 0 heterocycles. The van der Waals surface area contributed by atoms with E-state index in [1.165, 1.54) is 4.31 Å². The predicted octanol–water partition coefficient (Wildman–Crippen LogP) is 1.05. The number of hydrogen-bond donors (Lipinski definition) is 1. The second-order valence-corrected chi connectivity index (χ2v) is 6.56. The van der Waals surface area contributed by atoms with Crippen molar-refractivity contribution in [2.75, 3.05) is 18.8 Å². The predicted molar refractivity (Wildman–Crippen MR) is 67.3 cm³/mol. The summed E-state index contributed by atoms with van der Waals surface area (Å²) in [6, 6.07) is 1.92. The van der Waals surface area contributed by atoms with Crippen LogP contribution in [0, 0.1) is 17.2 Å². The van der Waals surface area contributed by atoms with Crippen LogP contribution in [0.2, 0.25) is 0 Å². The molecule has 0 amide bonds. The quantitative estimate of drug-likeness (QED) is 0.678. The van der Waals surface area contributed by atoms with Gasteiger partial charge in [-0.3, -0.25) is 4.79 Å². The van der Waals surface area contributed by atoms with E-state index in [-0.39, 0.29) is 37.5 Å². The lowest BCUT2D eigenvalue weighted by Crippen LogP contribution is -2.36. The Morgan fingerprint density at radius 3 is 2.50 bits per heavy atom. The van der Waals surface area contributed by atoms with Crippen LogP contribution in [0.3, 0.4) is 0 Å². The number of hydrogen-bond acceptors (Lipinski definition) is 4. The second kappa shape index (κ2) is 8.06. The summed E-state index contributed by atoms with van der Waals surface area (Å²) in [5, 5.41) is 17.0. The monoisotopic (exact) mass is 276 g/mol. The largest absolute Gasteiger partial charge is 0.481 e. The number of carbonyl (C=O) groups is 1. The smallest absolute Gasteiger partial charge is 0.303 e. The minimum absolute atomic E-state index is 0.0960. The molecule has 7 heteroatoms. The number of aliphatic carboxylic acids is 1. The lowest BCUT2D eigenvalue weighted by molar-refractivity contribution is -0.137. The maximum absolute atomic E-state index is 12.0. The Kier molecular flexibility index (Phi) is 7.55. The molecular formula is C11H20N2O4S. The number of carboxylic acids is 1. The molecule has 0 rings (SSSR count). The van der Waals surface area contributed by atoms with E-state index in [0.717, 1.165) is 0 Å². The van der Waals surface area contributed by atoms with Crippen LogP contribution in [0.5, 0.6) is 0 Å². The summed E-state index contributed by atoms with van der Waals surface area (Å²) in [5.41, 5.74) is 0. The zero-order valence-electron chi connectivity index (χ0n) is 10.8. The molecule has 0 bridgehead atoms. The molecule has 104 valence electrons. The van der Waals surface area contributed by atoms with Crippen molar-refractivity contribution >= 4 is 16.0 Å². The first-order chi connectivity index (χ1) is 8.29. The van der Waals surface area contributed by atoms with Crippen LogP contribution in [0.25, 0.3) is 0 Å². The van der Waals surface area contributed by atoms with Crippen molar-refractivity contribution in [2.24, 2.45) is 5.92 Å². The van der Waals surface area contributed by atoms with E-state index in [9.17, 15) is 13.2 Å². The van der Waals surface area contributed by atoms with Crippen molar-refractivity contribution in [3.63, 3.8) is 0 Å². The summed E-state index contributed by atoms with van der Waals surface area (Å²) in [6.07, 6.45) is 0.0801.